The highest BCUT2D eigenvalue weighted by Gasteiger charge is 2.33. The number of anilines is 2. The maximum atomic E-state index is 12.7. The first-order valence-corrected chi connectivity index (χ1v) is 8.49. The number of amides is 1. The van der Waals surface area contributed by atoms with Gasteiger partial charge in [0.1, 0.15) is 25.4 Å². The molecule has 2 heterocycles. The SMILES string of the molecule is Cc1ccc(NC2NNNC2C(=O)Nc2ccc3c(c2)OCCO3)cc1. The van der Waals surface area contributed by atoms with E-state index in [-0.39, 0.29) is 12.1 Å². The normalized spacial score (nSPS) is 21.3. The second-order valence-corrected chi connectivity index (χ2v) is 6.23. The van der Waals surface area contributed by atoms with Crippen molar-refractivity contribution in [2.24, 2.45) is 0 Å². The average Bonchev–Trinajstić information content (AvgIpc) is 3.12. The first-order valence-electron chi connectivity index (χ1n) is 8.49. The lowest BCUT2D eigenvalue weighted by atomic mass is 10.2. The minimum Gasteiger partial charge on any atom is -0.486 e. The van der Waals surface area contributed by atoms with E-state index in [0.29, 0.717) is 30.4 Å². The minimum atomic E-state index is -0.510. The van der Waals surface area contributed by atoms with E-state index >= 15 is 0 Å². The number of ether oxygens (including phenoxy) is 2. The first-order chi connectivity index (χ1) is 12.7. The minimum absolute atomic E-state index is 0.177. The summed E-state index contributed by atoms with van der Waals surface area (Å²) in [6.07, 6.45) is -0.310. The van der Waals surface area contributed by atoms with Crippen molar-refractivity contribution in [3.63, 3.8) is 0 Å². The van der Waals surface area contributed by atoms with Gasteiger partial charge in [-0.2, -0.15) is 5.53 Å². The summed E-state index contributed by atoms with van der Waals surface area (Å²) in [6.45, 7) is 3.07. The van der Waals surface area contributed by atoms with Gasteiger partial charge >= 0.3 is 0 Å². The summed E-state index contributed by atoms with van der Waals surface area (Å²) in [7, 11) is 0. The zero-order valence-electron chi connectivity index (χ0n) is 14.3. The van der Waals surface area contributed by atoms with E-state index in [0.717, 1.165) is 5.69 Å². The fourth-order valence-electron chi connectivity index (χ4n) is 2.87. The highest BCUT2D eigenvalue weighted by molar-refractivity contribution is 5.96. The molecule has 5 N–H and O–H groups in total. The van der Waals surface area contributed by atoms with Gasteiger partial charge in [-0.1, -0.05) is 17.7 Å². The number of hydrazine groups is 2. The molecule has 0 radical (unpaired) electrons. The Bertz CT molecular complexity index is 796. The summed E-state index contributed by atoms with van der Waals surface area (Å²) in [5, 5.41) is 6.20. The molecule has 26 heavy (non-hydrogen) atoms. The number of carbonyl (C=O) groups is 1. The van der Waals surface area contributed by atoms with Crippen molar-refractivity contribution in [3.8, 4) is 11.5 Å². The average molecular weight is 355 g/mol. The third-order valence-electron chi connectivity index (χ3n) is 4.25. The van der Waals surface area contributed by atoms with Crippen LogP contribution in [0.25, 0.3) is 0 Å². The Morgan fingerprint density at radius 1 is 1.00 bits per heavy atom. The van der Waals surface area contributed by atoms with Crippen LogP contribution in [0.15, 0.2) is 42.5 Å². The monoisotopic (exact) mass is 355 g/mol. The molecular formula is C18H21N5O3. The molecule has 0 spiro atoms. The van der Waals surface area contributed by atoms with Crippen molar-refractivity contribution in [1.82, 2.24) is 16.4 Å². The lowest BCUT2D eigenvalue weighted by molar-refractivity contribution is -0.118. The van der Waals surface area contributed by atoms with Gasteiger partial charge in [-0.05, 0) is 31.2 Å². The van der Waals surface area contributed by atoms with Crippen LogP contribution < -0.4 is 36.5 Å². The van der Waals surface area contributed by atoms with E-state index in [4.69, 9.17) is 9.47 Å². The third kappa shape index (κ3) is 3.57. The van der Waals surface area contributed by atoms with Gasteiger partial charge in [-0.15, -0.1) is 0 Å². The molecule has 2 unspecified atom stereocenters. The van der Waals surface area contributed by atoms with Crippen molar-refractivity contribution in [2.45, 2.75) is 19.1 Å². The Morgan fingerprint density at radius 2 is 1.73 bits per heavy atom. The van der Waals surface area contributed by atoms with Crippen LogP contribution in [0.2, 0.25) is 0 Å². The molecule has 1 amide bonds. The molecule has 0 saturated carbocycles. The molecule has 8 nitrogen and oxygen atoms in total. The van der Waals surface area contributed by atoms with E-state index in [2.05, 4.69) is 27.0 Å². The lowest BCUT2D eigenvalue weighted by Crippen LogP contribution is -2.47. The van der Waals surface area contributed by atoms with Crippen LogP contribution in [0.5, 0.6) is 11.5 Å². The van der Waals surface area contributed by atoms with Gasteiger partial charge in [0.15, 0.2) is 11.5 Å². The Hall–Kier alpha value is -2.81. The van der Waals surface area contributed by atoms with E-state index in [1.165, 1.54) is 5.56 Å². The first kappa shape index (κ1) is 16.6. The zero-order valence-corrected chi connectivity index (χ0v) is 14.3. The summed E-state index contributed by atoms with van der Waals surface area (Å²) in [6, 6.07) is 12.8. The molecule has 0 aliphatic carbocycles. The van der Waals surface area contributed by atoms with Crippen molar-refractivity contribution in [2.75, 3.05) is 23.8 Å². The van der Waals surface area contributed by atoms with Crippen molar-refractivity contribution < 1.29 is 14.3 Å². The van der Waals surface area contributed by atoms with E-state index < -0.39 is 6.04 Å². The fraction of sp³-hybridized carbons (Fsp3) is 0.278. The summed E-state index contributed by atoms with van der Waals surface area (Å²) < 4.78 is 11.0. The molecule has 136 valence electrons. The fourth-order valence-corrected chi connectivity index (χ4v) is 2.87. The molecule has 0 aromatic heterocycles. The van der Waals surface area contributed by atoms with Crippen LogP contribution >= 0.6 is 0 Å². The molecule has 8 heteroatoms. The van der Waals surface area contributed by atoms with Crippen LogP contribution in [0.1, 0.15) is 5.56 Å². The number of benzene rings is 2. The molecule has 1 saturated heterocycles. The number of hydrogen-bond acceptors (Lipinski definition) is 7. The number of hydrogen-bond donors (Lipinski definition) is 5. The van der Waals surface area contributed by atoms with Gasteiger partial charge < -0.3 is 20.1 Å². The standard InChI is InChI=1S/C18H21N5O3/c1-11-2-4-12(5-3-11)19-17-16(21-23-22-17)18(24)20-13-6-7-14-15(10-13)26-9-8-25-14/h2-7,10,16-17,19,21-23H,8-9H2,1H3,(H,20,24). The van der Waals surface area contributed by atoms with Crippen LogP contribution in [-0.2, 0) is 4.79 Å². The predicted octanol–water partition coefficient (Wildman–Crippen LogP) is 1.12. The predicted molar refractivity (Wildman–Crippen MR) is 97.8 cm³/mol. The highest BCUT2D eigenvalue weighted by atomic mass is 16.6. The van der Waals surface area contributed by atoms with Gasteiger partial charge in [0.05, 0.1) is 0 Å². The molecule has 2 aliphatic rings. The van der Waals surface area contributed by atoms with Gasteiger partial charge in [0, 0.05) is 17.4 Å². The number of carbonyl (C=O) groups excluding carboxylic acids is 1. The maximum Gasteiger partial charge on any atom is 0.246 e. The number of fused-ring (bicyclic) bond motifs is 1. The molecule has 2 aromatic rings. The van der Waals surface area contributed by atoms with Gasteiger partial charge in [0.2, 0.25) is 5.91 Å². The Kier molecular flexibility index (Phi) is 4.61. The second-order valence-electron chi connectivity index (χ2n) is 6.23. The summed E-state index contributed by atoms with van der Waals surface area (Å²) >= 11 is 0. The Balaban J connectivity index is 1.42. The van der Waals surface area contributed by atoms with Crippen LogP contribution in [0.3, 0.4) is 0 Å². The van der Waals surface area contributed by atoms with E-state index in [1.807, 2.05) is 31.2 Å². The Labute approximate surface area is 151 Å². The van der Waals surface area contributed by atoms with Gasteiger partial charge in [-0.3, -0.25) is 4.79 Å². The molecule has 1 fully saturated rings. The number of rotatable bonds is 4. The van der Waals surface area contributed by atoms with Crippen molar-refractivity contribution >= 4 is 17.3 Å². The van der Waals surface area contributed by atoms with Crippen LogP contribution in [-0.4, -0.2) is 31.3 Å². The number of aryl methyl sites for hydroxylation is 1. The quantitative estimate of drug-likeness (QED) is 0.561. The van der Waals surface area contributed by atoms with Crippen LogP contribution in [0.4, 0.5) is 11.4 Å². The maximum absolute atomic E-state index is 12.7. The topological polar surface area (TPSA) is 95.7 Å². The second kappa shape index (κ2) is 7.20. The largest absolute Gasteiger partial charge is 0.486 e. The molecule has 2 aromatic carbocycles. The van der Waals surface area contributed by atoms with Crippen LogP contribution in [0, 0.1) is 6.92 Å². The Morgan fingerprint density at radius 3 is 2.54 bits per heavy atom. The van der Waals surface area contributed by atoms with Gasteiger partial charge in [0.25, 0.3) is 0 Å². The summed E-state index contributed by atoms with van der Waals surface area (Å²) in [5.74, 6) is 1.15. The molecule has 2 aliphatic heterocycles. The molecule has 0 bridgehead atoms. The molecular weight excluding hydrogens is 334 g/mol. The van der Waals surface area contributed by atoms with Crippen molar-refractivity contribution in [3.05, 3.63) is 48.0 Å². The third-order valence-corrected chi connectivity index (χ3v) is 4.25. The van der Waals surface area contributed by atoms with Crippen molar-refractivity contribution in [1.29, 1.82) is 0 Å². The number of nitrogens with one attached hydrogen (secondary N) is 5. The highest BCUT2D eigenvalue weighted by Crippen LogP contribution is 2.32. The molecule has 4 rings (SSSR count). The van der Waals surface area contributed by atoms with Gasteiger partial charge in [-0.25, -0.2) is 10.9 Å². The lowest BCUT2D eigenvalue weighted by Gasteiger charge is -2.21. The zero-order chi connectivity index (χ0) is 17.9. The van der Waals surface area contributed by atoms with E-state index in [1.54, 1.807) is 18.2 Å². The molecule has 2 atom stereocenters. The summed E-state index contributed by atoms with van der Waals surface area (Å²) in [4.78, 5) is 12.7. The summed E-state index contributed by atoms with van der Waals surface area (Å²) in [5.41, 5.74) is 11.5. The smallest absolute Gasteiger partial charge is 0.246 e. The van der Waals surface area contributed by atoms with E-state index in [9.17, 15) is 4.79 Å².